The summed E-state index contributed by atoms with van der Waals surface area (Å²) in [4.78, 5) is 74.6. The SMILES string of the molecule is COC(=O)N[C@H](C(=O)N1CCC[C@H]1c1ncc(-c2cc3c(s2)CC(c2cnc([C@@H]4CCCN4C(=O)[C@@H](NC(=O)OC)C(C)C)[nH]2)S3)[nH]1)C(C)C. The second kappa shape index (κ2) is 15.1. The molecule has 0 aromatic carbocycles. The molecule has 0 radical (unpaired) electrons. The Balaban J connectivity index is 1.10. The van der Waals surface area contributed by atoms with Crippen LogP contribution in [0, 0.1) is 11.8 Å². The molecule has 2 saturated heterocycles. The number of imidazole rings is 2. The largest absolute Gasteiger partial charge is 0.453 e. The number of hydrogen-bond donors (Lipinski definition) is 4. The summed E-state index contributed by atoms with van der Waals surface area (Å²) in [6.07, 6.45) is 6.66. The lowest BCUT2D eigenvalue weighted by Crippen LogP contribution is -2.51. The van der Waals surface area contributed by atoms with Crippen molar-refractivity contribution in [2.45, 2.75) is 94.1 Å². The van der Waals surface area contributed by atoms with E-state index in [4.69, 9.17) is 19.4 Å². The fourth-order valence-corrected chi connectivity index (χ4v) is 9.74. The number of nitrogens with zero attached hydrogens (tertiary/aromatic N) is 4. The smallest absolute Gasteiger partial charge is 0.407 e. The number of ether oxygens (including phenoxy) is 2. The quantitative estimate of drug-likeness (QED) is 0.215. The Bertz CT molecular complexity index is 1690. The zero-order valence-electron chi connectivity index (χ0n) is 29.3. The first-order valence-electron chi connectivity index (χ1n) is 17.2. The molecule has 0 aliphatic carbocycles. The predicted molar refractivity (Wildman–Crippen MR) is 188 cm³/mol. The van der Waals surface area contributed by atoms with Crippen LogP contribution in [0.3, 0.4) is 0 Å². The van der Waals surface area contributed by atoms with Crippen LogP contribution in [0.2, 0.25) is 0 Å². The molecule has 1 unspecified atom stereocenters. The van der Waals surface area contributed by atoms with E-state index >= 15 is 0 Å². The number of amides is 4. The number of thioether (sulfide) groups is 1. The van der Waals surface area contributed by atoms with Crippen LogP contribution in [0.15, 0.2) is 23.4 Å². The van der Waals surface area contributed by atoms with Crippen molar-refractivity contribution in [3.63, 3.8) is 0 Å². The molecular formula is C34H46N8O6S2. The van der Waals surface area contributed by atoms with E-state index in [0.717, 1.165) is 60.0 Å². The standard InChI is InChI=1S/C34H46N8O6S2/c1-17(2)27(39-33(45)47-5)31(43)41-11-7-9-21(41)29-35-15-19(37-29)23-13-25-26(49-23)14-24(50-25)20-16-36-30(38-20)22-10-8-12-42(22)32(44)28(18(3)4)40-34(46)48-6/h13,15-18,21-22,24,27-28H,7-12,14H2,1-6H3,(H,35,37)(H,36,38)(H,39,45)(H,40,46)/t21-,22-,24?,27-,28-/m0/s1. The van der Waals surface area contributed by atoms with Crippen molar-refractivity contribution < 1.29 is 28.7 Å². The molecule has 6 rings (SSSR count). The summed E-state index contributed by atoms with van der Waals surface area (Å²) in [7, 11) is 2.59. The highest BCUT2D eigenvalue weighted by atomic mass is 32.2. The first-order valence-corrected chi connectivity index (χ1v) is 18.9. The third-order valence-corrected chi connectivity index (χ3v) is 12.4. The van der Waals surface area contributed by atoms with Crippen molar-refractivity contribution in [2.75, 3.05) is 27.3 Å². The highest BCUT2D eigenvalue weighted by Gasteiger charge is 2.39. The summed E-state index contributed by atoms with van der Waals surface area (Å²) in [5.41, 5.74) is 1.94. The Kier molecular flexibility index (Phi) is 10.8. The average Bonchev–Trinajstić information content (AvgIpc) is 3.93. The zero-order chi connectivity index (χ0) is 35.7. The van der Waals surface area contributed by atoms with Crippen LogP contribution in [0.1, 0.15) is 92.9 Å². The second-order valence-electron chi connectivity index (χ2n) is 13.7. The number of carbonyl (C=O) groups excluding carboxylic acids is 4. The van der Waals surface area contributed by atoms with Crippen LogP contribution in [0.25, 0.3) is 10.6 Å². The third-order valence-electron chi connectivity index (χ3n) is 9.72. The van der Waals surface area contributed by atoms with Gasteiger partial charge in [0.2, 0.25) is 11.8 Å². The fraction of sp³-hybridized carbons (Fsp3) is 0.588. The summed E-state index contributed by atoms with van der Waals surface area (Å²) in [6, 6.07) is 0.476. The van der Waals surface area contributed by atoms with Crippen molar-refractivity contribution in [3.05, 3.63) is 40.7 Å². The highest BCUT2D eigenvalue weighted by Crippen LogP contribution is 2.51. The van der Waals surface area contributed by atoms with Gasteiger partial charge in [-0.3, -0.25) is 9.59 Å². The number of H-pyrrole nitrogens is 2. The van der Waals surface area contributed by atoms with Gasteiger partial charge in [0, 0.05) is 41.2 Å². The Morgan fingerprint density at radius 2 is 1.38 bits per heavy atom. The van der Waals surface area contributed by atoms with Crippen LogP contribution in [0.4, 0.5) is 9.59 Å². The van der Waals surface area contributed by atoms with Gasteiger partial charge in [-0.25, -0.2) is 19.6 Å². The third kappa shape index (κ3) is 7.22. The molecule has 5 atom stereocenters. The molecule has 3 aromatic rings. The van der Waals surface area contributed by atoms with Gasteiger partial charge < -0.3 is 39.9 Å². The van der Waals surface area contributed by atoms with Gasteiger partial charge in [-0.1, -0.05) is 27.7 Å². The van der Waals surface area contributed by atoms with Crippen LogP contribution < -0.4 is 10.6 Å². The van der Waals surface area contributed by atoms with E-state index in [-0.39, 0.29) is 41.0 Å². The van der Waals surface area contributed by atoms with E-state index in [1.165, 1.54) is 24.0 Å². The van der Waals surface area contributed by atoms with Crippen LogP contribution in [0.5, 0.6) is 0 Å². The van der Waals surface area contributed by atoms with Gasteiger partial charge in [0.15, 0.2) is 0 Å². The lowest BCUT2D eigenvalue weighted by Gasteiger charge is -2.30. The molecule has 270 valence electrons. The maximum Gasteiger partial charge on any atom is 0.407 e. The Morgan fingerprint density at radius 3 is 1.90 bits per heavy atom. The first-order chi connectivity index (χ1) is 24.0. The molecule has 16 heteroatoms. The van der Waals surface area contributed by atoms with Crippen molar-refractivity contribution in [2.24, 2.45) is 11.8 Å². The molecule has 3 aliphatic heterocycles. The summed E-state index contributed by atoms with van der Waals surface area (Å²) >= 11 is 3.54. The fourth-order valence-electron chi connectivity index (χ4n) is 7.02. The van der Waals surface area contributed by atoms with Crippen molar-refractivity contribution in [1.29, 1.82) is 0 Å². The first kappa shape index (κ1) is 35.8. The second-order valence-corrected chi connectivity index (χ2v) is 16.1. The van der Waals surface area contributed by atoms with Gasteiger partial charge >= 0.3 is 12.2 Å². The van der Waals surface area contributed by atoms with Gasteiger partial charge in [0.1, 0.15) is 23.7 Å². The van der Waals surface area contributed by atoms with E-state index in [1.807, 2.05) is 49.9 Å². The number of nitrogens with one attached hydrogen (secondary N) is 4. The minimum Gasteiger partial charge on any atom is -0.453 e. The molecule has 2 fully saturated rings. The normalized spacial score (nSPS) is 21.4. The van der Waals surface area contributed by atoms with Gasteiger partial charge in [0.05, 0.1) is 48.3 Å². The van der Waals surface area contributed by atoms with Crippen LogP contribution in [-0.2, 0) is 25.5 Å². The van der Waals surface area contributed by atoms with Gasteiger partial charge in [-0.15, -0.1) is 23.1 Å². The molecule has 14 nitrogen and oxygen atoms in total. The number of likely N-dealkylation sites (tertiary alicyclic amines) is 2. The maximum absolute atomic E-state index is 13.5. The number of fused-ring (bicyclic) bond motifs is 1. The molecule has 0 spiro atoms. The van der Waals surface area contributed by atoms with Gasteiger partial charge in [0.25, 0.3) is 0 Å². The number of thiophene rings is 1. The molecule has 0 saturated carbocycles. The topological polar surface area (TPSA) is 175 Å². The summed E-state index contributed by atoms with van der Waals surface area (Å²) < 4.78 is 9.51. The average molecular weight is 727 g/mol. The minimum atomic E-state index is -0.680. The van der Waals surface area contributed by atoms with E-state index in [0.29, 0.717) is 13.1 Å². The number of alkyl carbamates (subject to hydrolysis) is 2. The molecular weight excluding hydrogens is 681 g/mol. The van der Waals surface area contributed by atoms with Crippen molar-refractivity contribution in [1.82, 2.24) is 40.4 Å². The number of carbonyl (C=O) groups is 4. The zero-order valence-corrected chi connectivity index (χ0v) is 30.9. The molecule has 6 heterocycles. The van der Waals surface area contributed by atoms with Crippen molar-refractivity contribution in [3.8, 4) is 10.6 Å². The summed E-state index contributed by atoms with van der Waals surface area (Å²) in [5.74, 6) is 1.07. The number of hydrogen-bond acceptors (Lipinski definition) is 10. The molecule has 4 N–H and O–H groups in total. The Morgan fingerprint density at radius 1 is 0.840 bits per heavy atom. The van der Waals surface area contributed by atoms with E-state index in [2.05, 4.69) is 26.7 Å². The maximum atomic E-state index is 13.5. The highest BCUT2D eigenvalue weighted by molar-refractivity contribution is 8.00. The van der Waals surface area contributed by atoms with E-state index in [9.17, 15) is 19.2 Å². The van der Waals surface area contributed by atoms with Crippen molar-refractivity contribution >= 4 is 47.1 Å². The number of rotatable bonds is 10. The minimum absolute atomic E-state index is 0.0944. The monoisotopic (exact) mass is 726 g/mol. The molecule has 3 aromatic heterocycles. The summed E-state index contributed by atoms with van der Waals surface area (Å²) in [6.45, 7) is 8.84. The number of methoxy groups -OCH3 is 2. The molecule has 0 bridgehead atoms. The summed E-state index contributed by atoms with van der Waals surface area (Å²) in [5, 5.41) is 5.58. The lowest BCUT2D eigenvalue weighted by molar-refractivity contribution is -0.136. The van der Waals surface area contributed by atoms with E-state index < -0.39 is 24.3 Å². The molecule has 4 amide bonds. The number of aromatic amines is 2. The molecule has 3 aliphatic rings. The van der Waals surface area contributed by atoms with Crippen LogP contribution in [-0.4, -0.2) is 93.1 Å². The lowest BCUT2D eigenvalue weighted by atomic mass is 10.0. The van der Waals surface area contributed by atoms with Gasteiger partial charge in [-0.2, -0.15) is 0 Å². The Hall–Kier alpha value is -4.05. The van der Waals surface area contributed by atoms with Gasteiger partial charge in [-0.05, 0) is 43.6 Å². The Labute approximate surface area is 299 Å². The van der Waals surface area contributed by atoms with Crippen LogP contribution >= 0.6 is 23.1 Å². The van der Waals surface area contributed by atoms with E-state index in [1.54, 1.807) is 23.1 Å². The predicted octanol–water partition coefficient (Wildman–Crippen LogP) is 5.34. The molecule has 50 heavy (non-hydrogen) atoms. The number of aromatic nitrogens is 4.